The van der Waals surface area contributed by atoms with Gasteiger partial charge in [-0.25, -0.2) is 0 Å². The van der Waals surface area contributed by atoms with Crippen molar-refractivity contribution >= 4 is 12.3 Å². The average Bonchev–Trinajstić information content (AvgIpc) is 2.76. The van der Waals surface area contributed by atoms with Crippen molar-refractivity contribution in [2.45, 2.75) is 12.8 Å². The summed E-state index contributed by atoms with van der Waals surface area (Å²) in [6, 6.07) is 3.27. The number of esters is 1. The molecule has 1 aromatic rings. The van der Waals surface area contributed by atoms with E-state index in [4.69, 9.17) is 0 Å². The topological polar surface area (TPSA) is 56.5 Å². The Morgan fingerprint density at radius 3 is 2.54 bits per heavy atom. The van der Waals surface area contributed by atoms with E-state index in [0.717, 1.165) is 6.42 Å². The van der Waals surface area contributed by atoms with E-state index in [1.807, 2.05) is 0 Å². The van der Waals surface area contributed by atoms with Crippen LogP contribution >= 0.6 is 0 Å². The van der Waals surface area contributed by atoms with Gasteiger partial charge in [0, 0.05) is 6.42 Å². The summed E-state index contributed by atoms with van der Waals surface area (Å²) in [5, 5.41) is 0. The summed E-state index contributed by atoms with van der Waals surface area (Å²) in [7, 11) is 0. The molecule has 0 saturated carbocycles. The zero-order valence-electron chi connectivity index (χ0n) is 7.06. The van der Waals surface area contributed by atoms with E-state index in [0.29, 0.717) is 25.1 Å². The minimum Gasteiger partial charge on any atom is -0.466 e. The number of ether oxygens (including phenoxy) is 1. The molecule has 2 heterocycles. The Kier molecular flexibility index (Phi) is 3.75. The molecule has 0 amide bonds. The predicted molar refractivity (Wildman–Crippen MR) is 44.3 cm³/mol. The number of carbonyl (C=O) groups is 2. The summed E-state index contributed by atoms with van der Waals surface area (Å²) in [6.07, 6.45) is 3.67. The Hall–Kier alpha value is -1.58. The summed E-state index contributed by atoms with van der Waals surface area (Å²) in [5.74, 6) is 0.329. The molecule has 1 aromatic heterocycles. The van der Waals surface area contributed by atoms with Crippen molar-refractivity contribution in [2.75, 3.05) is 6.61 Å². The monoisotopic (exact) mass is 182 g/mol. The Morgan fingerprint density at radius 2 is 2.31 bits per heavy atom. The number of carbonyl (C=O) groups excluding carboxylic acids is 2. The van der Waals surface area contributed by atoms with E-state index in [2.05, 4.69) is 9.15 Å². The summed E-state index contributed by atoms with van der Waals surface area (Å²) < 4.78 is 9.13. The Bertz CT molecular complexity index is 255. The molecule has 4 nitrogen and oxygen atoms in total. The lowest BCUT2D eigenvalue weighted by molar-refractivity contribution is -0.137. The molecule has 0 spiro atoms. The number of rotatable bonds is 1. The van der Waals surface area contributed by atoms with Gasteiger partial charge in [0.05, 0.1) is 12.9 Å². The van der Waals surface area contributed by atoms with Gasteiger partial charge < -0.3 is 9.15 Å². The van der Waals surface area contributed by atoms with Gasteiger partial charge in [0.2, 0.25) is 0 Å². The molecular weight excluding hydrogens is 172 g/mol. The van der Waals surface area contributed by atoms with Gasteiger partial charge in [0.25, 0.3) is 0 Å². The quantitative estimate of drug-likeness (QED) is 0.486. The van der Waals surface area contributed by atoms with E-state index in [1.165, 1.54) is 6.26 Å². The van der Waals surface area contributed by atoms with Crippen LogP contribution in [-0.4, -0.2) is 18.9 Å². The molecule has 0 aromatic carbocycles. The maximum Gasteiger partial charge on any atom is 0.305 e. The van der Waals surface area contributed by atoms with Crippen molar-refractivity contribution < 1.29 is 18.7 Å². The average molecular weight is 182 g/mol. The Labute approximate surface area is 75.5 Å². The van der Waals surface area contributed by atoms with Crippen molar-refractivity contribution in [2.24, 2.45) is 0 Å². The number of cyclic esters (lactones) is 1. The fourth-order valence-corrected chi connectivity index (χ4v) is 0.833. The van der Waals surface area contributed by atoms with Crippen LogP contribution in [0.1, 0.15) is 23.4 Å². The zero-order chi connectivity index (χ0) is 9.52. The third-order valence-corrected chi connectivity index (χ3v) is 1.45. The van der Waals surface area contributed by atoms with Crippen LogP contribution in [0.3, 0.4) is 0 Å². The summed E-state index contributed by atoms with van der Waals surface area (Å²) in [6.45, 7) is 0.638. The van der Waals surface area contributed by atoms with E-state index in [9.17, 15) is 9.59 Å². The van der Waals surface area contributed by atoms with Gasteiger partial charge >= 0.3 is 5.97 Å². The molecular formula is C9H10O4. The molecule has 1 aliphatic rings. The van der Waals surface area contributed by atoms with Crippen molar-refractivity contribution in [3.05, 3.63) is 24.2 Å². The molecule has 1 fully saturated rings. The third kappa shape index (κ3) is 3.55. The van der Waals surface area contributed by atoms with Crippen LogP contribution in [0.4, 0.5) is 0 Å². The van der Waals surface area contributed by atoms with Crippen molar-refractivity contribution in [3.8, 4) is 0 Å². The number of aldehydes is 1. The fourth-order valence-electron chi connectivity index (χ4n) is 0.833. The largest absolute Gasteiger partial charge is 0.466 e. The third-order valence-electron chi connectivity index (χ3n) is 1.45. The first-order valence-corrected chi connectivity index (χ1v) is 3.97. The van der Waals surface area contributed by atoms with Crippen LogP contribution in [0.25, 0.3) is 0 Å². The first-order valence-electron chi connectivity index (χ1n) is 3.97. The second-order valence-corrected chi connectivity index (χ2v) is 2.46. The van der Waals surface area contributed by atoms with E-state index in [1.54, 1.807) is 12.1 Å². The molecule has 0 unspecified atom stereocenters. The summed E-state index contributed by atoms with van der Waals surface area (Å²) in [4.78, 5) is 19.8. The second kappa shape index (κ2) is 5.13. The first kappa shape index (κ1) is 9.51. The molecule has 13 heavy (non-hydrogen) atoms. The highest BCUT2D eigenvalue weighted by molar-refractivity contribution is 5.70. The van der Waals surface area contributed by atoms with E-state index < -0.39 is 0 Å². The van der Waals surface area contributed by atoms with Gasteiger partial charge in [-0.1, -0.05) is 0 Å². The molecule has 0 bridgehead atoms. The van der Waals surface area contributed by atoms with Crippen molar-refractivity contribution in [1.29, 1.82) is 0 Å². The molecule has 70 valence electrons. The maximum atomic E-state index is 10.0. The molecule has 4 heteroatoms. The highest BCUT2D eigenvalue weighted by Gasteiger charge is 2.08. The van der Waals surface area contributed by atoms with Crippen LogP contribution in [0.2, 0.25) is 0 Å². The molecule has 1 saturated heterocycles. The van der Waals surface area contributed by atoms with E-state index in [-0.39, 0.29) is 5.97 Å². The number of furan rings is 1. The maximum absolute atomic E-state index is 10.0. The smallest absolute Gasteiger partial charge is 0.305 e. The molecule has 0 atom stereocenters. The van der Waals surface area contributed by atoms with Gasteiger partial charge in [-0.2, -0.15) is 0 Å². The van der Waals surface area contributed by atoms with E-state index >= 15 is 0 Å². The molecule has 0 radical (unpaired) electrons. The lowest BCUT2D eigenvalue weighted by atomic mass is 10.4. The van der Waals surface area contributed by atoms with Gasteiger partial charge in [0.15, 0.2) is 12.0 Å². The molecule has 0 aliphatic carbocycles. The summed E-state index contributed by atoms with van der Waals surface area (Å²) >= 11 is 0. The lowest BCUT2D eigenvalue weighted by Crippen LogP contribution is -1.88. The lowest BCUT2D eigenvalue weighted by Gasteiger charge is -1.81. The standard InChI is InChI=1S/C5H4O2.C4H6O2/c6-4-5-2-1-3-7-5;5-4-2-1-3-6-4/h1-4H;1-3H2. The van der Waals surface area contributed by atoms with Crippen molar-refractivity contribution in [3.63, 3.8) is 0 Å². The van der Waals surface area contributed by atoms with Gasteiger partial charge in [-0.3, -0.25) is 9.59 Å². The Balaban J connectivity index is 0.000000132. The minimum absolute atomic E-state index is 0.0463. The van der Waals surface area contributed by atoms with Crippen LogP contribution < -0.4 is 0 Å². The minimum atomic E-state index is -0.0463. The SMILES string of the molecule is O=C1CCCO1.O=Cc1ccco1. The zero-order valence-corrected chi connectivity index (χ0v) is 7.06. The predicted octanol–water partition coefficient (Wildman–Crippen LogP) is 1.42. The van der Waals surface area contributed by atoms with Crippen molar-refractivity contribution in [1.82, 2.24) is 0 Å². The summed E-state index contributed by atoms with van der Waals surface area (Å²) in [5.41, 5.74) is 0. The highest BCUT2D eigenvalue weighted by atomic mass is 16.5. The molecule has 0 N–H and O–H groups in total. The highest BCUT2D eigenvalue weighted by Crippen LogP contribution is 2.01. The Morgan fingerprint density at radius 1 is 1.46 bits per heavy atom. The van der Waals surface area contributed by atoms with Crippen LogP contribution in [0.15, 0.2) is 22.8 Å². The number of hydrogen-bond donors (Lipinski definition) is 0. The normalized spacial score (nSPS) is 14.3. The fraction of sp³-hybridized carbons (Fsp3) is 0.333. The van der Waals surface area contributed by atoms with Crippen LogP contribution in [0.5, 0.6) is 0 Å². The van der Waals surface area contributed by atoms with Gasteiger partial charge in [-0.05, 0) is 18.6 Å². The second-order valence-electron chi connectivity index (χ2n) is 2.46. The molecule has 1 aliphatic heterocycles. The van der Waals surface area contributed by atoms with Gasteiger partial charge in [0.1, 0.15) is 0 Å². The van der Waals surface area contributed by atoms with Gasteiger partial charge in [-0.15, -0.1) is 0 Å². The first-order chi connectivity index (χ1) is 6.33. The van der Waals surface area contributed by atoms with Crippen LogP contribution in [0, 0.1) is 0 Å². The van der Waals surface area contributed by atoms with Crippen LogP contribution in [-0.2, 0) is 9.53 Å². The number of hydrogen-bond acceptors (Lipinski definition) is 4. The molecule has 2 rings (SSSR count).